The van der Waals surface area contributed by atoms with Gasteiger partial charge in [0.05, 0.1) is 25.9 Å². The Kier molecular flexibility index (Phi) is 5.88. The van der Waals surface area contributed by atoms with Crippen LogP contribution in [0.15, 0.2) is 24.3 Å². The van der Waals surface area contributed by atoms with Crippen molar-refractivity contribution in [1.82, 2.24) is 14.7 Å². The molecule has 0 radical (unpaired) electrons. The summed E-state index contributed by atoms with van der Waals surface area (Å²) in [6.45, 7) is 6.66. The van der Waals surface area contributed by atoms with Crippen molar-refractivity contribution in [2.45, 2.75) is 6.54 Å². The van der Waals surface area contributed by atoms with E-state index in [-0.39, 0.29) is 12.0 Å². The molecule has 1 aromatic carbocycles. The Morgan fingerprint density at radius 2 is 1.56 bits per heavy atom. The first-order chi connectivity index (χ1) is 12.2. The van der Waals surface area contributed by atoms with E-state index in [1.54, 1.807) is 12.1 Å². The van der Waals surface area contributed by atoms with Crippen LogP contribution in [0.2, 0.25) is 0 Å². The fraction of sp³-hybridized carbons (Fsp3) is 0.556. The molecular formula is C18H25N3O4. The molecule has 2 amide bonds. The van der Waals surface area contributed by atoms with Crippen LogP contribution in [0.5, 0.6) is 0 Å². The number of amides is 2. The van der Waals surface area contributed by atoms with Gasteiger partial charge in [-0.15, -0.1) is 0 Å². The Morgan fingerprint density at radius 3 is 2.16 bits per heavy atom. The van der Waals surface area contributed by atoms with Gasteiger partial charge in [0.15, 0.2) is 0 Å². The summed E-state index contributed by atoms with van der Waals surface area (Å²) in [7, 11) is 1.38. The SMILES string of the molecule is COC(=O)c1ccc(CN2CCN(C(=O)N3CCOCC3)CC2)cc1. The Hall–Kier alpha value is -2.12. The fourth-order valence-corrected chi connectivity index (χ4v) is 3.17. The van der Waals surface area contributed by atoms with Crippen molar-refractivity contribution < 1.29 is 19.1 Å². The zero-order chi connectivity index (χ0) is 17.6. The molecule has 2 fully saturated rings. The van der Waals surface area contributed by atoms with Crippen LogP contribution < -0.4 is 0 Å². The lowest BCUT2D eigenvalue weighted by Crippen LogP contribution is -2.54. The lowest BCUT2D eigenvalue weighted by Gasteiger charge is -2.38. The summed E-state index contributed by atoms with van der Waals surface area (Å²) >= 11 is 0. The van der Waals surface area contributed by atoms with Gasteiger partial charge in [0, 0.05) is 45.8 Å². The smallest absolute Gasteiger partial charge is 0.337 e. The van der Waals surface area contributed by atoms with Gasteiger partial charge in [-0.1, -0.05) is 12.1 Å². The monoisotopic (exact) mass is 347 g/mol. The number of esters is 1. The average Bonchev–Trinajstić information content (AvgIpc) is 2.68. The van der Waals surface area contributed by atoms with E-state index in [9.17, 15) is 9.59 Å². The standard InChI is InChI=1S/C18H25N3O4/c1-24-17(22)16-4-2-15(3-5-16)14-19-6-8-20(9-7-19)18(23)21-10-12-25-13-11-21/h2-5H,6-14H2,1H3. The third-order valence-corrected chi connectivity index (χ3v) is 4.71. The number of carbonyl (C=O) groups excluding carboxylic acids is 2. The molecule has 3 rings (SSSR count). The first-order valence-electron chi connectivity index (χ1n) is 8.68. The first kappa shape index (κ1) is 17.7. The highest BCUT2D eigenvalue weighted by atomic mass is 16.5. The Bertz CT molecular complexity index is 591. The number of piperazine rings is 1. The normalized spacial score (nSPS) is 18.9. The van der Waals surface area contributed by atoms with E-state index in [4.69, 9.17) is 9.47 Å². The third kappa shape index (κ3) is 4.49. The molecule has 0 N–H and O–H groups in total. The van der Waals surface area contributed by atoms with Gasteiger partial charge in [-0.25, -0.2) is 9.59 Å². The van der Waals surface area contributed by atoms with Crippen molar-refractivity contribution >= 4 is 12.0 Å². The van der Waals surface area contributed by atoms with Gasteiger partial charge in [-0.05, 0) is 17.7 Å². The predicted octanol–water partition coefficient (Wildman–Crippen LogP) is 1.04. The van der Waals surface area contributed by atoms with E-state index in [2.05, 4.69) is 4.90 Å². The molecule has 0 aromatic heterocycles. The Labute approximate surface area is 148 Å². The van der Waals surface area contributed by atoms with Crippen molar-refractivity contribution in [1.29, 1.82) is 0 Å². The maximum atomic E-state index is 12.5. The summed E-state index contributed by atoms with van der Waals surface area (Å²) in [6, 6.07) is 7.62. The molecule has 25 heavy (non-hydrogen) atoms. The molecular weight excluding hydrogens is 322 g/mol. The van der Waals surface area contributed by atoms with Crippen molar-refractivity contribution in [2.75, 3.05) is 59.6 Å². The lowest BCUT2D eigenvalue weighted by molar-refractivity contribution is 0.0373. The highest BCUT2D eigenvalue weighted by Crippen LogP contribution is 2.12. The van der Waals surface area contributed by atoms with E-state index in [0.29, 0.717) is 31.9 Å². The second kappa shape index (κ2) is 8.31. The number of hydrogen-bond acceptors (Lipinski definition) is 5. The number of benzene rings is 1. The van der Waals surface area contributed by atoms with E-state index in [0.717, 1.165) is 38.3 Å². The molecule has 0 bridgehead atoms. The molecule has 2 aliphatic rings. The number of morpholine rings is 1. The van der Waals surface area contributed by atoms with E-state index < -0.39 is 0 Å². The van der Waals surface area contributed by atoms with E-state index in [1.807, 2.05) is 21.9 Å². The van der Waals surface area contributed by atoms with E-state index >= 15 is 0 Å². The van der Waals surface area contributed by atoms with Crippen molar-refractivity contribution in [3.63, 3.8) is 0 Å². The van der Waals surface area contributed by atoms with E-state index in [1.165, 1.54) is 7.11 Å². The summed E-state index contributed by atoms with van der Waals surface area (Å²) in [5, 5.41) is 0. The maximum absolute atomic E-state index is 12.5. The highest BCUT2D eigenvalue weighted by Gasteiger charge is 2.26. The summed E-state index contributed by atoms with van der Waals surface area (Å²) in [5.74, 6) is -0.318. The fourth-order valence-electron chi connectivity index (χ4n) is 3.17. The number of urea groups is 1. The molecule has 7 nitrogen and oxygen atoms in total. The Morgan fingerprint density at radius 1 is 0.960 bits per heavy atom. The minimum absolute atomic E-state index is 0.130. The second-order valence-electron chi connectivity index (χ2n) is 6.33. The van der Waals surface area contributed by atoms with Crippen LogP contribution in [0.4, 0.5) is 4.79 Å². The summed E-state index contributed by atoms with van der Waals surface area (Å²) in [5.41, 5.74) is 1.72. The number of carbonyl (C=O) groups is 2. The quantitative estimate of drug-likeness (QED) is 0.765. The van der Waals surface area contributed by atoms with Gasteiger partial charge >= 0.3 is 12.0 Å². The largest absolute Gasteiger partial charge is 0.465 e. The van der Waals surface area contributed by atoms with Crippen LogP contribution in [0.3, 0.4) is 0 Å². The third-order valence-electron chi connectivity index (χ3n) is 4.71. The topological polar surface area (TPSA) is 62.3 Å². The minimum Gasteiger partial charge on any atom is -0.465 e. The van der Waals surface area contributed by atoms with Crippen LogP contribution in [0.1, 0.15) is 15.9 Å². The number of hydrogen-bond donors (Lipinski definition) is 0. The minimum atomic E-state index is -0.318. The Balaban J connectivity index is 1.47. The molecule has 1 aromatic rings. The summed E-state index contributed by atoms with van der Waals surface area (Å²) in [6.07, 6.45) is 0. The number of nitrogens with zero attached hydrogens (tertiary/aromatic N) is 3. The molecule has 136 valence electrons. The van der Waals surface area contributed by atoms with Gasteiger partial charge < -0.3 is 19.3 Å². The molecule has 0 atom stereocenters. The highest BCUT2D eigenvalue weighted by molar-refractivity contribution is 5.89. The summed E-state index contributed by atoms with van der Waals surface area (Å²) < 4.78 is 10.0. The maximum Gasteiger partial charge on any atom is 0.337 e. The van der Waals surface area contributed by atoms with Gasteiger partial charge in [0.2, 0.25) is 0 Å². The molecule has 0 aliphatic carbocycles. The van der Waals surface area contributed by atoms with Crippen LogP contribution >= 0.6 is 0 Å². The van der Waals surface area contributed by atoms with Crippen molar-refractivity contribution in [3.05, 3.63) is 35.4 Å². The second-order valence-corrected chi connectivity index (χ2v) is 6.33. The number of methoxy groups -OCH3 is 1. The van der Waals surface area contributed by atoms with Gasteiger partial charge in [-0.2, -0.15) is 0 Å². The number of ether oxygens (including phenoxy) is 2. The molecule has 0 spiro atoms. The molecule has 2 aliphatic heterocycles. The molecule has 0 saturated carbocycles. The van der Waals surface area contributed by atoms with Crippen molar-refractivity contribution in [2.24, 2.45) is 0 Å². The average molecular weight is 347 g/mol. The van der Waals surface area contributed by atoms with Gasteiger partial charge in [-0.3, -0.25) is 4.90 Å². The van der Waals surface area contributed by atoms with Crippen molar-refractivity contribution in [3.8, 4) is 0 Å². The van der Waals surface area contributed by atoms with Gasteiger partial charge in [0.1, 0.15) is 0 Å². The van der Waals surface area contributed by atoms with Gasteiger partial charge in [0.25, 0.3) is 0 Å². The molecule has 7 heteroatoms. The van der Waals surface area contributed by atoms with Crippen LogP contribution in [0.25, 0.3) is 0 Å². The molecule has 2 saturated heterocycles. The zero-order valence-electron chi connectivity index (χ0n) is 14.6. The predicted molar refractivity (Wildman–Crippen MR) is 92.4 cm³/mol. The van der Waals surface area contributed by atoms with Crippen LogP contribution in [-0.4, -0.2) is 86.3 Å². The molecule has 0 unspecified atom stereocenters. The number of rotatable bonds is 3. The molecule has 2 heterocycles. The first-order valence-corrected chi connectivity index (χ1v) is 8.68. The lowest BCUT2D eigenvalue weighted by atomic mass is 10.1. The summed E-state index contributed by atoms with van der Waals surface area (Å²) in [4.78, 5) is 30.1. The zero-order valence-corrected chi connectivity index (χ0v) is 14.6. The van der Waals surface area contributed by atoms with Crippen LogP contribution in [0, 0.1) is 0 Å². The van der Waals surface area contributed by atoms with Crippen LogP contribution in [-0.2, 0) is 16.0 Å².